The Labute approximate surface area is 155 Å². The molecule has 0 aromatic heterocycles. The summed E-state index contributed by atoms with van der Waals surface area (Å²) in [7, 11) is 10.9. The van der Waals surface area contributed by atoms with Gasteiger partial charge in [0.05, 0.1) is 27.2 Å². The zero-order valence-electron chi connectivity index (χ0n) is 16.5. The predicted octanol–water partition coefficient (Wildman–Crippen LogP) is -1.21. The van der Waals surface area contributed by atoms with Crippen molar-refractivity contribution < 1.29 is 24.0 Å². The molecule has 0 bridgehead atoms. The number of carbonyl (C=O) groups is 2. The first-order valence-electron chi connectivity index (χ1n) is 8.49. The first-order valence-corrected chi connectivity index (χ1v) is 8.49. The highest BCUT2D eigenvalue weighted by Gasteiger charge is 2.21. The van der Waals surface area contributed by atoms with Gasteiger partial charge in [-0.25, -0.2) is 0 Å². The lowest BCUT2D eigenvalue weighted by Gasteiger charge is -2.23. The number of amides is 2. The van der Waals surface area contributed by atoms with Gasteiger partial charge in [-0.05, 0) is 12.1 Å². The van der Waals surface area contributed by atoms with Crippen molar-refractivity contribution in [1.29, 1.82) is 0 Å². The van der Waals surface area contributed by atoms with Crippen molar-refractivity contribution in [2.24, 2.45) is 0 Å². The van der Waals surface area contributed by atoms with E-state index < -0.39 is 18.1 Å². The molecule has 0 radical (unpaired) electrons. The lowest BCUT2D eigenvalue weighted by atomic mass is 10.1. The van der Waals surface area contributed by atoms with Crippen LogP contribution in [0.4, 0.5) is 5.69 Å². The Morgan fingerprint density at radius 1 is 1.00 bits per heavy atom. The fraction of sp³-hybridized carbons (Fsp3) is 0.556. The zero-order chi connectivity index (χ0) is 19.7. The van der Waals surface area contributed by atoms with Crippen LogP contribution in [0.3, 0.4) is 0 Å². The number of quaternary nitrogens is 1. The number of anilines is 1. The normalized spacial score (nSPS) is 12.2. The first-order chi connectivity index (χ1) is 12.3. The molecule has 0 spiro atoms. The van der Waals surface area contributed by atoms with E-state index in [0.29, 0.717) is 6.54 Å². The van der Waals surface area contributed by atoms with E-state index in [1.807, 2.05) is 57.4 Å². The van der Waals surface area contributed by atoms with Crippen LogP contribution in [0.5, 0.6) is 0 Å². The maximum Gasteiger partial charge on any atom is 0.309 e. The quantitative estimate of drug-likeness (QED) is 0.377. The van der Waals surface area contributed by atoms with E-state index in [2.05, 4.69) is 10.6 Å². The Balaban J connectivity index is 2.62. The van der Waals surface area contributed by atoms with Crippen molar-refractivity contribution in [3.05, 3.63) is 29.8 Å². The summed E-state index contributed by atoms with van der Waals surface area (Å²) in [5.74, 6) is -1.38. The van der Waals surface area contributed by atoms with Gasteiger partial charge in [-0.3, -0.25) is 9.59 Å². The molecule has 26 heavy (non-hydrogen) atoms. The lowest BCUT2D eigenvalue weighted by Crippen LogP contribution is -3.07. The van der Waals surface area contributed by atoms with Gasteiger partial charge in [0.1, 0.15) is 6.04 Å². The number of rotatable bonds is 9. The van der Waals surface area contributed by atoms with Gasteiger partial charge in [-0.15, -0.1) is 0 Å². The number of benzene rings is 1. The van der Waals surface area contributed by atoms with Crippen molar-refractivity contribution >= 4 is 17.5 Å². The molecule has 2 amide bonds. The number of carbonyl (C=O) groups excluding carboxylic acids is 2. The van der Waals surface area contributed by atoms with E-state index in [-0.39, 0.29) is 12.6 Å². The smallest absolute Gasteiger partial charge is 0.309 e. The SMILES string of the molecule is COC(CNC(=O)C(=O)NC[C@@H](c1ccc(N(C)C)cc1)[NH+](C)C)OC. The van der Waals surface area contributed by atoms with Crippen LogP contribution in [0.25, 0.3) is 0 Å². The first kappa shape index (κ1) is 21.9. The summed E-state index contributed by atoms with van der Waals surface area (Å²) in [6.07, 6.45) is -0.582. The van der Waals surface area contributed by atoms with Crippen LogP contribution < -0.4 is 20.4 Å². The highest BCUT2D eigenvalue weighted by atomic mass is 16.7. The Hall–Kier alpha value is -2.16. The molecule has 1 atom stereocenters. The molecule has 0 fully saturated rings. The lowest BCUT2D eigenvalue weighted by molar-refractivity contribution is -0.890. The van der Waals surface area contributed by atoms with Gasteiger partial charge in [0.25, 0.3) is 0 Å². The molecule has 1 rings (SSSR count). The van der Waals surface area contributed by atoms with Crippen LogP contribution in [0.1, 0.15) is 11.6 Å². The topological polar surface area (TPSA) is 84.3 Å². The zero-order valence-corrected chi connectivity index (χ0v) is 16.5. The maximum absolute atomic E-state index is 12.0. The summed E-state index contributed by atoms with van der Waals surface area (Å²) in [6.45, 7) is 0.460. The third-order valence-electron chi connectivity index (χ3n) is 4.14. The summed E-state index contributed by atoms with van der Waals surface area (Å²) >= 11 is 0. The van der Waals surface area contributed by atoms with Crippen molar-refractivity contribution in [2.75, 3.05) is 60.4 Å². The minimum absolute atomic E-state index is 0.0358. The Morgan fingerprint density at radius 3 is 1.92 bits per heavy atom. The maximum atomic E-state index is 12.0. The van der Waals surface area contributed by atoms with Crippen LogP contribution in [-0.4, -0.2) is 73.6 Å². The molecule has 146 valence electrons. The molecule has 0 saturated carbocycles. The molecular weight excluding hydrogens is 336 g/mol. The summed E-state index contributed by atoms with van der Waals surface area (Å²) in [6, 6.07) is 8.20. The van der Waals surface area contributed by atoms with Crippen LogP contribution in [0.2, 0.25) is 0 Å². The molecule has 0 aliphatic heterocycles. The molecule has 0 unspecified atom stereocenters. The van der Waals surface area contributed by atoms with Gasteiger partial charge >= 0.3 is 11.8 Å². The van der Waals surface area contributed by atoms with E-state index in [4.69, 9.17) is 9.47 Å². The van der Waals surface area contributed by atoms with Crippen LogP contribution >= 0.6 is 0 Å². The Morgan fingerprint density at radius 2 is 1.50 bits per heavy atom. The van der Waals surface area contributed by atoms with Crippen molar-refractivity contribution in [3.8, 4) is 0 Å². The largest absolute Gasteiger partial charge is 0.378 e. The van der Waals surface area contributed by atoms with Gasteiger partial charge in [0.2, 0.25) is 0 Å². The highest BCUT2D eigenvalue weighted by molar-refractivity contribution is 6.35. The fourth-order valence-electron chi connectivity index (χ4n) is 2.45. The molecule has 1 aromatic carbocycles. The van der Waals surface area contributed by atoms with Crippen LogP contribution in [0.15, 0.2) is 24.3 Å². The highest BCUT2D eigenvalue weighted by Crippen LogP contribution is 2.15. The molecule has 8 heteroatoms. The number of methoxy groups -OCH3 is 2. The van der Waals surface area contributed by atoms with Gasteiger partial charge in [0, 0.05) is 39.6 Å². The molecule has 0 aliphatic carbocycles. The fourth-order valence-corrected chi connectivity index (χ4v) is 2.45. The Bertz CT molecular complexity index is 571. The molecule has 8 nitrogen and oxygen atoms in total. The third kappa shape index (κ3) is 6.62. The summed E-state index contributed by atoms with van der Waals surface area (Å²) < 4.78 is 9.94. The minimum atomic E-state index is -0.709. The predicted molar refractivity (Wildman–Crippen MR) is 100 cm³/mol. The molecule has 1 aromatic rings. The third-order valence-corrected chi connectivity index (χ3v) is 4.14. The molecule has 0 saturated heterocycles. The van der Waals surface area contributed by atoms with Gasteiger partial charge in [-0.1, -0.05) is 12.1 Å². The van der Waals surface area contributed by atoms with Gasteiger partial charge in [-0.2, -0.15) is 0 Å². The second-order valence-corrected chi connectivity index (χ2v) is 6.44. The molecular formula is C18H31N4O4+. The average molecular weight is 367 g/mol. The average Bonchev–Trinajstić information content (AvgIpc) is 2.62. The second kappa shape index (κ2) is 10.7. The van der Waals surface area contributed by atoms with Crippen LogP contribution in [0, 0.1) is 0 Å². The van der Waals surface area contributed by atoms with E-state index in [1.54, 1.807) is 0 Å². The summed E-state index contributed by atoms with van der Waals surface area (Å²) in [5.41, 5.74) is 2.20. The van der Waals surface area contributed by atoms with Crippen molar-refractivity contribution in [2.45, 2.75) is 12.3 Å². The number of nitrogens with zero attached hydrogens (tertiary/aromatic N) is 1. The minimum Gasteiger partial charge on any atom is -0.378 e. The molecule has 3 N–H and O–H groups in total. The van der Waals surface area contributed by atoms with E-state index >= 15 is 0 Å². The summed E-state index contributed by atoms with van der Waals surface area (Å²) in [4.78, 5) is 27.1. The van der Waals surface area contributed by atoms with E-state index in [0.717, 1.165) is 16.2 Å². The van der Waals surface area contributed by atoms with Gasteiger partial charge < -0.3 is 29.9 Å². The number of hydrogen-bond acceptors (Lipinski definition) is 5. The standard InChI is InChI=1S/C18H30N4O4/c1-21(2)14-9-7-13(8-10-14)15(22(3)4)11-19-17(23)18(24)20-12-16(25-5)26-6/h7-10,15-16H,11-12H2,1-6H3,(H,19,23)(H,20,24)/p+1/t15-/m0/s1. The van der Waals surface area contributed by atoms with E-state index in [1.165, 1.54) is 14.2 Å². The van der Waals surface area contributed by atoms with Crippen molar-refractivity contribution in [1.82, 2.24) is 10.6 Å². The van der Waals surface area contributed by atoms with Crippen molar-refractivity contribution in [3.63, 3.8) is 0 Å². The second-order valence-electron chi connectivity index (χ2n) is 6.44. The van der Waals surface area contributed by atoms with Gasteiger partial charge in [0.15, 0.2) is 6.29 Å². The molecule has 0 aliphatic rings. The monoisotopic (exact) mass is 367 g/mol. The van der Waals surface area contributed by atoms with E-state index in [9.17, 15) is 9.59 Å². The summed E-state index contributed by atoms with van der Waals surface area (Å²) in [5, 5.41) is 5.18. The number of hydrogen-bond donors (Lipinski definition) is 3. The number of nitrogens with one attached hydrogen (secondary N) is 3. The molecule has 0 heterocycles. The number of ether oxygens (including phenoxy) is 2. The van der Waals surface area contributed by atoms with Crippen LogP contribution in [-0.2, 0) is 19.1 Å². The number of likely N-dealkylation sites (N-methyl/N-ethyl adjacent to an activating group) is 1. The Kier molecular flexibility index (Phi) is 9.04.